The first kappa shape index (κ1) is 17.5. The highest BCUT2D eigenvalue weighted by molar-refractivity contribution is 7.92. The van der Waals surface area contributed by atoms with Crippen LogP contribution in [0.3, 0.4) is 0 Å². The fourth-order valence-corrected chi connectivity index (χ4v) is 5.81. The van der Waals surface area contributed by atoms with Gasteiger partial charge in [-0.1, -0.05) is 30.3 Å². The zero-order valence-electron chi connectivity index (χ0n) is 14.0. The molecule has 3 atom stereocenters. The Morgan fingerprint density at radius 3 is 2.24 bits per heavy atom. The Hall–Kier alpha value is -2.36. The Balaban J connectivity index is 2.05. The topological polar surface area (TPSA) is 76.4 Å². The number of methoxy groups -OCH3 is 2. The molecular weight excluding hydrogens is 338 g/mol. The Kier molecular flexibility index (Phi) is 4.55. The molecule has 3 rings (SSSR count). The Bertz CT molecular complexity index is 887. The molecule has 0 heterocycles. The SMILES string of the molecule is COC[C@]1(C#N)[C@H](c2ccc(OC)cc2)[C@@H]1S(=O)(=O)c1ccccc1. The van der Waals surface area contributed by atoms with E-state index in [9.17, 15) is 13.7 Å². The monoisotopic (exact) mass is 357 g/mol. The second kappa shape index (κ2) is 6.51. The molecule has 130 valence electrons. The molecule has 2 aromatic rings. The summed E-state index contributed by atoms with van der Waals surface area (Å²) in [6, 6.07) is 17.6. The summed E-state index contributed by atoms with van der Waals surface area (Å²) < 4.78 is 36.6. The molecule has 1 saturated carbocycles. The number of nitrogens with zero attached hydrogens (tertiary/aromatic N) is 1. The van der Waals surface area contributed by atoms with Gasteiger partial charge in [0.1, 0.15) is 11.2 Å². The fraction of sp³-hybridized carbons (Fsp3) is 0.316. The van der Waals surface area contributed by atoms with Gasteiger partial charge in [-0.25, -0.2) is 8.42 Å². The maximum Gasteiger partial charge on any atom is 0.183 e. The minimum Gasteiger partial charge on any atom is -0.497 e. The van der Waals surface area contributed by atoms with Gasteiger partial charge in [-0.3, -0.25) is 0 Å². The van der Waals surface area contributed by atoms with Crippen LogP contribution < -0.4 is 4.74 Å². The van der Waals surface area contributed by atoms with Gasteiger partial charge in [0.05, 0.1) is 29.9 Å². The van der Waals surface area contributed by atoms with Crippen LogP contribution in [0.5, 0.6) is 5.75 Å². The van der Waals surface area contributed by atoms with Crippen molar-refractivity contribution in [3.63, 3.8) is 0 Å². The Morgan fingerprint density at radius 2 is 1.72 bits per heavy atom. The molecule has 1 aliphatic rings. The van der Waals surface area contributed by atoms with Gasteiger partial charge in [0.2, 0.25) is 0 Å². The highest BCUT2D eigenvalue weighted by Crippen LogP contribution is 2.63. The molecule has 0 aliphatic heterocycles. The van der Waals surface area contributed by atoms with Crippen molar-refractivity contribution in [2.24, 2.45) is 5.41 Å². The predicted molar refractivity (Wildman–Crippen MR) is 93.1 cm³/mol. The van der Waals surface area contributed by atoms with E-state index in [4.69, 9.17) is 9.47 Å². The van der Waals surface area contributed by atoms with Crippen LogP contribution in [-0.4, -0.2) is 34.5 Å². The van der Waals surface area contributed by atoms with Gasteiger partial charge in [-0.15, -0.1) is 0 Å². The quantitative estimate of drug-likeness (QED) is 0.794. The third-order valence-electron chi connectivity index (χ3n) is 4.73. The molecule has 0 N–H and O–H groups in total. The molecule has 0 amide bonds. The van der Waals surface area contributed by atoms with Crippen LogP contribution in [0.4, 0.5) is 0 Å². The second-order valence-electron chi connectivity index (χ2n) is 6.11. The minimum atomic E-state index is -3.65. The first-order chi connectivity index (χ1) is 12.0. The van der Waals surface area contributed by atoms with Crippen LogP contribution >= 0.6 is 0 Å². The number of sulfone groups is 1. The molecule has 5 nitrogen and oxygen atoms in total. The Labute approximate surface area is 147 Å². The summed E-state index contributed by atoms with van der Waals surface area (Å²) in [5.41, 5.74) is -0.290. The molecule has 25 heavy (non-hydrogen) atoms. The van der Waals surface area contributed by atoms with Crippen LogP contribution in [0.15, 0.2) is 59.5 Å². The van der Waals surface area contributed by atoms with E-state index in [1.807, 2.05) is 12.1 Å². The van der Waals surface area contributed by atoms with E-state index in [1.54, 1.807) is 49.6 Å². The van der Waals surface area contributed by atoms with Gasteiger partial charge < -0.3 is 9.47 Å². The largest absolute Gasteiger partial charge is 0.497 e. The normalized spacial score (nSPS) is 25.2. The van der Waals surface area contributed by atoms with Crippen molar-refractivity contribution in [2.75, 3.05) is 20.8 Å². The number of hydrogen-bond donors (Lipinski definition) is 0. The van der Waals surface area contributed by atoms with E-state index < -0.39 is 26.4 Å². The van der Waals surface area contributed by atoms with Gasteiger partial charge >= 0.3 is 0 Å². The standard InChI is InChI=1S/C19H19NO4S/c1-23-13-19(12-20)17(14-8-10-15(24-2)11-9-14)18(19)25(21,22)16-6-4-3-5-7-16/h3-11,17-18H,13H2,1-2H3/t17-,18+,19-/m1/s1. The second-order valence-corrected chi connectivity index (χ2v) is 8.18. The lowest BCUT2D eigenvalue weighted by atomic mass is 10.0. The molecule has 0 bridgehead atoms. The third kappa shape index (κ3) is 2.80. The van der Waals surface area contributed by atoms with E-state index in [-0.39, 0.29) is 11.5 Å². The summed E-state index contributed by atoms with van der Waals surface area (Å²) in [4.78, 5) is 0.228. The van der Waals surface area contributed by atoms with Gasteiger partial charge in [-0.2, -0.15) is 5.26 Å². The summed E-state index contributed by atoms with van der Waals surface area (Å²) in [5.74, 6) is 0.245. The predicted octanol–water partition coefficient (Wildman–Crippen LogP) is 2.79. The van der Waals surface area contributed by atoms with E-state index in [1.165, 1.54) is 7.11 Å². The highest BCUT2D eigenvalue weighted by Gasteiger charge is 2.72. The molecule has 0 radical (unpaired) electrons. The first-order valence-electron chi connectivity index (χ1n) is 7.84. The minimum absolute atomic E-state index is 0.0664. The number of hydrogen-bond acceptors (Lipinski definition) is 5. The van der Waals surface area contributed by atoms with Gasteiger partial charge in [0, 0.05) is 13.0 Å². The average Bonchev–Trinajstić information content (AvgIpc) is 3.32. The van der Waals surface area contributed by atoms with Crippen LogP contribution in [0.1, 0.15) is 11.5 Å². The average molecular weight is 357 g/mol. The number of rotatable bonds is 6. The smallest absolute Gasteiger partial charge is 0.183 e. The van der Waals surface area contributed by atoms with Gasteiger partial charge in [-0.05, 0) is 29.8 Å². The number of ether oxygens (including phenoxy) is 2. The molecule has 2 aromatic carbocycles. The van der Waals surface area contributed by atoms with Gasteiger partial charge in [0.15, 0.2) is 9.84 Å². The van der Waals surface area contributed by atoms with Crippen LogP contribution in [0.25, 0.3) is 0 Å². The first-order valence-corrected chi connectivity index (χ1v) is 9.39. The van der Waals surface area contributed by atoms with E-state index in [2.05, 4.69) is 6.07 Å². The Morgan fingerprint density at radius 1 is 1.08 bits per heavy atom. The van der Waals surface area contributed by atoms with Crippen molar-refractivity contribution in [2.45, 2.75) is 16.1 Å². The summed E-state index contributed by atoms with van der Waals surface area (Å²) in [7, 11) is -0.605. The van der Waals surface area contributed by atoms with Crippen molar-refractivity contribution >= 4 is 9.84 Å². The summed E-state index contributed by atoms with van der Waals surface area (Å²) in [5, 5.41) is 8.95. The molecule has 0 unspecified atom stereocenters. The maximum absolute atomic E-state index is 13.1. The lowest BCUT2D eigenvalue weighted by Crippen LogP contribution is -2.19. The molecule has 0 aromatic heterocycles. The molecule has 1 fully saturated rings. The fourth-order valence-electron chi connectivity index (χ4n) is 3.48. The lowest BCUT2D eigenvalue weighted by Gasteiger charge is -2.08. The number of benzene rings is 2. The van der Waals surface area contributed by atoms with E-state index in [0.717, 1.165) is 5.56 Å². The zero-order chi connectivity index (χ0) is 18.1. The zero-order valence-corrected chi connectivity index (χ0v) is 14.9. The highest BCUT2D eigenvalue weighted by atomic mass is 32.2. The van der Waals surface area contributed by atoms with Gasteiger partial charge in [0.25, 0.3) is 0 Å². The molecular formula is C19H19NO4S. The van der Waals surface area contributed by atoms with Crippen molar-refractivity contribution in [1.82, 2.24) is 0 Å². The number of nitriles is 1. The van der Waals surface area contributed by atoms with Crippen LogP contribution in [0, 0.1) is 16.7 Å². The molecule has 0 spiro atoms. The molecule has 6 heteroatoms. The molecule has 0 saturated heterocycles. The van der Waals surface area contributed by atoms with E-state index >= 15 is 0 Å². The lowest BCUT2D eigenvalue weighted by molar-refractivity contribution is 0.162. The van der Waals surface area contributed by atoms with E-state index in [0.29, 0.717) is 5.75 Å². The van der Waals surface area contributed by atoms with Crippen molar-refractivity contribution in [3.05, 3.63) is 60.2 Å². The molecule has 1 aliphatic carbocycles. The third-order valence-corrected chi connectivity index (χ3v) is 7.02. The van der Waals surface area contributed by atoms with Crippen molar-refractivity contribution in [3.8, 4) is 11.8 Å². The van der Waals surface area contributed by atoms with Crippen molar-refractivity contribution < 1.29 is 17.9 Å². The summed E-state index contributed by atoms with van der Waals surface area (Å²) in [6.45, 7) is 0.0664. The maximum atomic E-state index is 13.1. The van der Waals surface area contributed by atoms with Crippen LogP contribution in [-0.2, 0) is 14.6 Å². The van der Waals surface area contributed by atoms with Crippen LogP contribution in [0.2, 0.25) is 0 Å². The summed E-state index contributed by atoms with van der Waals surface area (Å²) in [6.07, 6.45) is 0. The summed E-state index contributed by atoms with van der Waals surface area (Å²) >= 11 is 0. The van der Waals surface area contributed by atoms with Crippen molar-refractivity contribution in [1.29, 1.82) is 5.26 Å².